The molecule has 4 heteroatoms. The largest absolute Gasteiger partial charge is 0.355 e. The first-order chi connectivity index (χ1) is 17.3. The van der Waals surface area contributed by atoms with Crippen LogP contribution in [0.3, 0.4) is 0 Å². The van der Waals surface area contributed by atoms with Crippen molar-refractivity contribution in [2.45, 2.75) is 0 Å². The number of pyridine rings is 1. The second-order valence-corrected chi connectivity index (χ2v) is 9.08. The van der Waals surface area contributed by atoms with Gasteiger partial charge in [-0.25, -0.2) is 0 Å². The summed E-state index contributed by atoms with van der Waals surface area (Å²) in [7, 11) is 2.15. The van der Waals surface area contributed by atoms with E-state index in [1.54, 1.807) is 0 Å². The van der Waals surface area contributed by atoms with Gasteiger partial charge in [-0.1, -0.05) is 54.6 Å². The summed E-state index contributed by atoms with van der Waals surface area (Å²) < 4.78 is 2.38. The number of nitrogens with zero attached hydrogens (tertiary/aromatic N) is 4. The van der Waals surface area contributed by atoms with Crippen molar-refractivity contribution in [3.63, 3.8) is 0 Å². The lowest BCUT2D eigenvalue weighted by atomic mass is 10.1. The third-order valence-electron chi connectivity index (χ3n) is 6.97. The molecular formula is C31H24N4. The van der Waals surface area contributed by atoms with Gasteiger partial charge in [0.15, 0.2) is 0 Å². The fourth-order valence-electron chi connectivity index (χ4n) is 5.34. The summed E-state index contributed by atoms with van der Waals surface area (Å²) in [6, 6.07) is 38.8. The first kappa shape index (κ1) is 19.9. The lowest BCUT2D eigenvalue weighted by Gasteiger charge is -2.20. The second kappa shape index (κ2) is 7.74. The smallest absolute Gasteiger partial charge is 0.0950 e. The highest BCUT2D eigenvalue weighted by Crippen LogP contribution is 2.42. The van der Waals surface area contributed by atoms with Gasteiger partial charge >= 0.3 is 0 Å². The molecule has 4 aromatic carbocycles. The number of aromatic nitrogens is 2. The fourth-order valence-corrected chi connectivity index (χ4v) is 5.34. The third-order valence-corrected chi connectivity index (χ3v) is 6.97. The van der Waals surface area contributed by atoms with Gasteiger partial charge in [-0.15, -0.1) is 0 Å². The minimum atomic E-state index is 0.834. The van der Waals surface area contributed by atoms with Crippen molar-refractivity contribution < 1.29 is 0 Å². The van der Waals surface area contributed by atoms with Crippen molar-refractivity contribution in [3.05, 3.63) is 115 Å². The van der Waals surface area contributed by atoms with Crippen molar-refractivity contribution in [1.82, 2.24) is 9.55 Å². The van der Waals surface area contributed by atoms with Gasteiger partial charge in [-0.05, 0) is 54.6 Å². The standard InChI is InChI=1S/C31H24N4/c1-33-21-34(30-15-5-4-14-29(30)33)23-16-17-26-25-11-2-3-13-28(25)35(31(26)20-23)24-10-8-9-22(19-24)27-12-6-7-18-32-27/h2-20H,21H2,1H3. The first-order valence-electron chi connectivity index (χ1n) is 11.9. The van der Waals surface area contributed by atoms with Crippen LogP contribution in [0.1, 0.15) is 0 Å². The van der Waals surface area contributed by atoms with Crippen LogP contribution in [0.4, 0.5) is 17.1 Å². The van der Waals surface area contributed by atoms with E-state index in [0.29, 0.717) is 0 Å². The zero-order valence-corrected chi connectivity index (χ0v) is 19.5. The van der Waals surface area contributed by atoms with Crippen molar-refractivity contribution in [3.8, 4) is 16.9 Å². The van der Waals surface area contributed by atoms with Gasteiger partial charge in [0.25, 0.3) is 0 Å². The average Bonchev–Trinajstić information content (AvgIpc) is 3.44. The lowest BCUT2D eigenvalue weighted by Crippen LogP contribution is -2.23. The molecule has 168 valence electrons. The Hall–Kier alpha value is -4.57. The monoisotopic (exact) mass is 452 g/mol. The minimum Gasteiger partial charge on any atom is -0.355 e. The summed E-state index contributed by atoms with van der Waals surface area (Å²) in [5.41, 5.74) is 9.33. The quantitative estimate of drug-likeness (QED) is 0.280. The Balaban J connectivity index is 1.45. The molecular weight excluding hydrogens is 428 g/mol. The third kappa shape index (κ3) is 3.11. The summed E-state index contributed by atoms with van der Waals surface area (Å²) in [4.78, 5) is 9.26. The highest BCUT2D eigenvalue weighted by molar-refractivity contribution is 6.10. The molecule has 0 atom stereocenters. The molecule has 0 radical (unpaired) electrons. The number of hydrogen-bond acceptors (Lipinski definition) is 3. The maximum atomic E-state index is 4.57. The number of anilines is 3. The molecule has 0 spiro atoms. The van der Waals surface area contributed by atoms with Gasteiger partial charge in [0, 0.05) is 41.0 Å². The zero-order chi connectivity index (χ0) is 23.4. The zero-order valence-electron chi connectivity index (χ0n) is 19.5. The maximum absolute atomic E-state index is 4.57. The molecule has 0 saturated heterocycles. The molecule has 0 fully saturated rings. The second-order valence-electron chi connectivity index (χ2n) is 9.08. The predicted octanol–water partition coefficient (Wildman–Crippen LogP) is 7.39. The van der Waals surface area contributed by atoms with E-state index in [0.717, 1.165) is 23.6 Å². The Kier molecular flexibility index (Phi) is 4.39. The van der Waals surface area contributed by atoms with Crippen LogP contribution in [0.15, 0.2) is 115 Å². The molecule has 7 rings (SSSR count). The molecule has 0 unspecified atom stereocenters. The van der Waals surface area contributed by atoms with Crippen LogP contribution in [-0.4, -0.2) is 23.3 Å². The number of para-hydroxylation sites is 3. The van der Waals surface area contributed by atoms with Gasteiger partial charge in [0.05, 0.1) is 34.8 Å². The minimum absolute atomic E-state index is 0.834. The van der Waals surface area contributed by atoms with E-state index in [1.165, 1.54) is 38.9 Å². The highest BCUT2D eigenvalue weighted by Gasteiger charge is 2.24. The summed E-state index contributed by atoms with van der Waals surface area (Å²) >= 11 is 0. The molecule has 0 amide bonds. The summed E-state index contributed by atoms with van der Waals surface area (Å²) in [6.45, 7) is 0.834. The molecule has 4 nitrogen and oxygen atoms in total. The molecule has 0 saturated carbocycles. The SMILES string of the molecule is CN1CN(c2ccc3c4ccccc4n(-c4cccc(-c5ccccn5)c4)c3c2)c2ccccc21. The molecule has 0 bridgehead atoms. The van der Waals surface area contributed by atoms with Gasteiger partial charge in [-0.3, -0.25) is 4.98 Å². The first-order valence-corrected chi connectivity index (χ1v) is 11.9. The molecule has 0 N–H and O–H groups in total. The van der Waals surface area contributed by atoms with Gasteiger partial charge in [0.2, 0.25) is 0 Å². The van der Waals surface area contributed by atoms with Crippen molar-refractivity contribution >= 4 is 38.9 Å². The summed E-state index contributed by atoms with van der Waals surface area (Å²) in [6.07, 6.45) is 1.85. The van der Waals surface area contributed by atoms with Crippen LogP contribution in [0, 0.1) is 0 Å². The molecule has 1 aliphatic heterocycles. The van der Waals surface area contributed by atoms with Crippen LogP contribution in [0.2, 0.25) is 0 Å². The van der Waals surface area contributed by atoms with E-state index in [-0.39, 0.29) is 0 Å². The van der Waals surface area contributed by atoms with E-state index in [2.05, 4.69) is 123 Å². The van der Waals surface area contributed by atoms with Crippen molar-refractivity contribution in [1.29, 1.82) is 0 Å². The van der Waals surface area contributed by atoms with Gasteiger partial charge in [-0.2, -0.15) is 0 Å². The summed E-state index contributed by atoms with van der Waals surface area (Å²) in [5, 5.41) is 2.52. The molecule has 0 aliphatic carbocycles. The van der Waals surface area contributed by atoms with E-state index in [9.17, 15) is 0 Å². The van der Waals surface area contributed by atoms with Crippen LogP contribution >= 0.6 is 0 Å². The molecule has 35 heavy (non-hydrogen) atoms. The molecule has 2 aromatic heterocycles. The molecule has 6 aromatic rings. The number of fused-ring (bicyclic) bond motifs is 4. The number of rotatable bonds is 3. The molecule has 1 aliphatic rings. The highest BCUT2D eigenvalue weighted by atomic mass is 15.4. The van der Waals surface area contributed by atoms with Crippen LogP contribution in [-0.2, 0) is 0 Å². The number of hydrogen-bond donors (Lipinski definition) is 0. The van der Waals surface area contributed by atoms with E-state index < -0.39 is 0 Å². The maximum Gasteiger partial charge on any atom is 0.0950 e. The Morgan fingerprint density at radius 2 is 1.43 bits per heavy atom. The van der Waals surface area contributed by atoms with Gasteiger partial charge in [0.1, 0.15) is 0 Å². The topological polar surface area (TPSA) is 24.3 Å². The molecule has 3 heterocycles. The Morgan fingerprint density at radius 3 is 2.31 bits per heavy atom. The van der Waals surface area contributed by atoms with Crippen LogP contribution < -0.4 is 9.80 Å². The normalized spacial score (nSPS) is 13.1. The van der Waals surface area contributed by atoms with Crippen LogP contribution in [0.25, 0.3) is 38.8 Å². The van der Waals surface area contributed by atoms with E-state index in [1.807, 2.05) is 18.3 Å². The lowest BCUT2D eigenvalue weighted by molar-refractivity contribution is 0.950. The Morgan fingerprint density at radius 1 is 0.629 bits per heavy atom. The van der Waals surface area contributed by atoms with E-state index >= 15 is 0 Å². The number of benzene rings is 4. The van der Waals surface area contributed by atoms with Crippen molar-refractivity contribution in [2.75, 3.05) is 23.5 Å². The van der Waals surface area contributed by atoms with Crippen molar-refractivity contribution in [2.24, 2.45) is 0 Å². The van der Waals surface area contributed by atoms with Gasteiger partial charge < -0.3 is 14.4 Å². The summed E-state index contributed by atoms with van der Waals surface area (Å²) in [5.74, 6) is 0. The average molecular weight is 453 g/mol. The van der Waals surface area contributed by atoms with Crippen LogP contribution in [0.5, 0.6) is 0 Å². The Labute approximate surface area is 204 Å². The Bertz CT molecular complexity index is 1700. The fraction of sp³-hybridized carbons (Fsp3) is 0.0645. The predicted molar refractivity (Wildman–Crippen MR) is 146 cm³/mol. The van der Waals surface area contributed by atoms with E-state index in [4.69, 9.17) is 0 Å².